The number of nitrogens with one attached hydrogen (secondary N) is 1. The highest BCUT2D eigenvalue weighted by Gasteiger charge is 2.23. The van der Waals surface area contributed by atoms with E-state index >= 15 is 0 Å². The zero-order valence-electron chi connectivity index (χ0n) is 21.2. The number of thioether (sulfide) groups is 1. The summed E-state index contributed by atoms with van der Waals surface area (Å²) in [5.41, 5.74) is 2.87. The standard InChI is InChI=1S/C28H28N4O4S2/c1-32-25(19-12-14-21(15-13-19)36-20-10-6-7-11-20)30-31-28(32)38-17-23(33)29-26-24(27(34)35-2)22(16-37-26)18-8-4-3-5-9-18/h3-5,8-9,12-16,20H,6-7,10-11,17H2,1-2H3,(H,29,33). The quantitative estimate of drug-likeness (QED) is 0.201. The van der Waals surface area contributed by atoms with Crippen LogP contribution >= 0.6 is 23.1 Å². The van der Waals surface area contributed by atoms with E-state index in [-0.39, 0.29) is 11.7 Å². The molecule has 1 aliphatic carbocycles. The second-order valence-electron chi connectivity index (χ2n) is 8.96. The first-order chi connectivity index (χ1) is 18.5. The molecular formula is C28H28N4O4S2. The molecule has 4 aromatic rings. The number of hydrogen-bond acceptors (Lipinski definition) is 8. The first-order valence-corrected chi connectivity index (χ1v) is 14.2. The van der Waals surface area contributed by atoms with Crippen LogP contribution in [0.2, 0.25) is 0 Å². The molecule has 5 rings (SSSR count). The van der Waals surface area contributed by atoms with E-state index in [4.69, 9.17) is 9.47 Å². The van der Waals surface area contributed by atoms with Crippen molar-refractivity contribution in [1.29, 1.82) is 0 Å². The second kappa shape index (κ2) is 11.8. The van der Waals surface area contributed by atoms with Crippen molar-refractivity contribution in [2.24, 2.45) is 7.05 Å². The van der Waals surface area contributed by atoms with E-state index in [1.54, 1.807) is 0 Å². The van der Waals surface area contributed by atoms with Crippen LogP contribution in [0.5, 0.6) is 5.75 Å². The Hall–Kier alpha value is -3.63. The van der Waals surface area contributed by atoms with Crippen LogP contribution in [0, 0.1) is 0 Å². The number of amides is 1. The first-order valence-electron chi connectivity index (χ1n) is 12.4. The Kier molecular flexibility index (Phi) is 8.09. The largest absolute Gasteiger partial charge is 0.490 e. The molecule has 1 N–H and O–H groups in total. The van der Waals surface area contributed by atoms with Crippen LogP contribution in [0.1, 0.15) is 36.0 Å². The van der Waals surface area contributed by atoms with Gasteiger partial charge in [0.05, 0.1) is 19.0 Å². The molecule has 196 valence electrons. The van der Waals surface area contributed by atoms with Gasteiger partial charge in [-0.15, -0.1) is 21.5 Å². The predicted octanol–water partition coefficient (Wildman–Crippen LogP) is 6.05. The number of aromatic nitrogens is 3. The zero-order chi connectivity index (χ0) is 26.5. The Morgan fingerprint density at radius 3 is 2.50 bits per heavy atom. The maximum Gasteiger partial charge on any atom is 0.341 e. The van der Waals surface area contributed by atoms with Crippen LogP contribution in [0.15, 0.2) is 65.1 Å². The summed E-state index contributed by atoms with van der Waals surface area (Å²) in [7, 11) is 3.21. The van der Waals surface area contributed by atoms with Gasteiger partial charge in [-0.05, 0) is 55.5 Å². The molecule has 0 spiro atoms. The fourth-order valence-corrected chi connectivity index (χ4v) is 6.14. The number of benzene rings is 2. The average molecular weight is 549 g/mol. The molecule has 2 aromatic carbocycles. The normalized spacial score (nSPS) is 13.4. The van der Waals surface area contributed by atoms with Crippen LogP contribution in [0.3, 0.4) is 0 Å². The van der Waals surface area contributed by atoms with Crippen molar-refractivity contribution in [2.75, 3.05) is 18.2 Å². The van der Waals surface area contributed by atoms with Crippen molar-refractivity contribution in [3.8, 4) is 28.3 Å². The third-order valence-electron chi connectivity index (χ3n) is 6.40. The van der Waals surface area contributed by atoms with Gasteiger partial charge in [0.15, 0.2) is 11.0 Å². The predicted molar refractivity (Wildman–Crippen MR) is 150 cm³/mol. The Balaban J connectivity index is 1.23. The van der Waals surface area contributed by atoms with Gasteiger partial charge in [0.1, 0.15) is 16.3 Å². The fraction of sp³-hybridized carbons (Fsp3) is 0.286. The molecule has 0 atom stereocenters. The molecule has 1 aliphatic rings. The third kappa shape index (κ3) is 5.76. The molecule has 2 heterocycles. The summed E-state index contributed by atoms with van der Waals surface area (Å²) in [6, 6.07) is 17.4. The Labute approximate surface area is 229 Å². The molecular weight excluding hydrogens is 520 g/mol. The summed E-state index contributed by atoms with van der Waals surface area (Å²) in [6.45, 7) is 0. The summed E-state index contributed by atoms with van der Waals surface area (Å²) in [6.07, 6.45) is 5.00. The summed E-state index contributed by atoms with van der Waals surface area (Å²) in [5.74, 6) is 0.938. The number of esters is 1. The highest BCUT2D eigenvalue weighted by molar-refractivity contribution is 7.99. The minimum atomic E-state index is -0.495. The number of carbonyl (C=O) groups excluding carboxylic acids is 2. The molecule has 0 radical (unpaired) electrons. The van der Waals surface area contributed by atoms with E-state index < -0.39 is 5.97 Å². The minimum absolute atomic E-state index is 0.110. The monoisotopic (exact) mass is 548 g/mol. The number of ether oxygens (including phenoxy) is 2. The second-order valence-corrected chi connectivity index (χ2v) is 10.8. The van der Waals surface area contributed by atoms with Crippen molar-refractivity contribution in [1.82, 2.24) is 14.8 Å². The van der Waals surface area contributed by atoms with Crippen LogP contribution in [-0.2, 0) is 16.6 Å². The molecule has 1 fully saturated rings. The minimum Gasteiger partial charge on any atom is -0.490 e. The molecule has 1 amide bonds. The summed E-state index contributed by atoms with van der Waals surface area (Å²) in [4.78, 5) is 25.4. The number of rotatable bonds is 9. The van der Waals surface area contributed by atoms with Crippen molar-refractivity contribution in [2.45, 2.75) is 36.9 Å². The summed E-state index contributed by atoms with van der Waals surface area (Å²) in [5, 5.41) is 14.4. The van der Waals surface area contributed by atoms with Gasteiger partial charge in [-0.2, -0.15) is 0 Å². The SMILES string of the molecule is COC(=O)c1c(-c2ccccc2)csc1NC(=O)CSc1nnc(-c2ccc(OC3CCCC3)cc2)n1C. The smallest absolute Gasteiger partial charge is 0.341 e. The van der Waals surface area contributed by atoms with Crippen molar-refractivity contribution in [3.05, 3.63) is 65.5 Å². The van der Waals surface area contributed by atoms with Gasteiger partial charge < -0.3 is 19.4 Å². The maximum absolute atomic E-state index is 12.8. The first kappa shape index (κ1) is 26.0. The van der Waals surface area contributed by atoms with Crippen LogP contribution in [0.25, 0.3) is 22.5 Å². The Morgan fingerprint density at radius 2 is 1.79 bits per heavy atom. The van der Waals surface area contributed by atoms with Gasteiger partial charge in [-0.3, -0.25) is 4.79 Å². The van der Waals surface area contributed by atoms with E-state index in [1.807, 2.05) is 71.6 Å². The number of thiophene rings is 1. The molecule has 1 saturated carbocycles. The molecule has 38 heavy (non-hydrogen) atoms. The van der Waals surface area contributed by atoms with Gasteiger partial charge in [0, 0.05) is 23.6 Å². The van der Waals surface area contributed by atoms with Gasteiger partial charge in [-0.25, -0.2) is 4.79 Å². The van der Waals surface area contributed by atoms with Gasteiger partial charge >= 0.3 is 5.97 Å². The van der Waals surface area contributed by atoms with Crippen molar-refractivity contribution in [3.63, 3.8) is 0 Å². The van der Waals surface area contributed by atoms with E-state index in [2.05, 4.69) is 15.5 Å². The van der Waals surface area contributed by atoms with E-state index in [1.165, 1.54) is 43.1 Å². The number of methoxy groups -OCH3 is 1. The highest BCUT2D eigenvalue weighted by Crippen LogP contribution is 2.36. The third-order valence-corrected chi connectivity index (χ3v) is 8.32. The number of hydrogen-bond donors (Lipinski definition) is 1. The van der Waals surface area contributed by atoms with Gasteiger partial charge in [-0.1, -0.05) is 42.1 Å². The van der Waals surface area contributed by atoms with Gasteiger partial charge in [0.2, 0.25) is 5.91 Å². The van der Waals surface area contributed by atoms with Crippen molar-refractivity contribution >= 4 is 40.0 Å². The number of carbonyl (C=O) groups is 2. The van der Waals surface area contributed by atoms with E-state index in [0.717, 1.165) is 35.3 Å². The topological polar surface area (TPSA) is 95.3 Å². The van der Waals surface area contributed by atoms with Crippen LogP contribution in [0.4, 0.5) is 5.00 Å². The summed E-state index contributed by atoms with van der Waals surface area (Å²) >= 11 is 2.57. The molecule has 0 aliphatic heterocycles. The Morgan fingerprint density at radius 1 is 1.05 bits per heavy atom. The lowest BCUT2D eigenvalue weighted by Gasteiger charge is -2.13. The lowest BCUT2D eigenvalue weighted by Crippen LogP contribution is -2.16. The van der Waals surface area contributed by atoms with E-state index in [0.29, 0.717) is 27.6 Å². The number of nitrogens with zero attached hydrogens (tertiary/aromatic N) is 3. The lowest BCUT2D eigenvalue weighted by atomic mass is 10.0. The molecule has 0 unspecified atom stereocenters. The summed E-state index contributed by atoms with van der Waals surface area (Å²) < 4.78 is 12.9. The highest BCUT2D eigenvalue weighted by atomic mass is 32.2. The van der Waals surface area contributed by atoms with Gasteiger partial charge in [0.25, 0.3) is 0 Å². The molecule has 0 saturated heterocycles. The molecule has 8 nitrogen and oxygen atoms in total. The lowest BCUT2D eigenvalue weighted by molar-refractivity contribution is -0.113. The molecule has 0 bridgehead atoms. The fourth-order valence-electron chi connectivity index (χ4n) is 4.45. The van der Waals surface area contributed by atoms with E-state index in [9.17, 15) is 9.59 Å². The maximum atomic E-state index is 12.8. The molecule has 2 aromatic heterocycles. The van der Waals surface area contributed by atoms with Crippen LogP contribution < -0.4 is 10.1 Å². The van der Waals surface area contributed by atoms with Crippen LogP contribution in [-0.4, -0.2) is 45.6 Å². The average Bonchev–Trinajstić information content (AvgIpc) is 3.69. The molecule has 10 heteroatoms. The van der Waals surface area contributed by atoms with Crippen molar-refractivity contribution < 1.29 is 19.1 Å². The zero-order valence-corrected chi connectivity index (χ0v) is 22.8. The Bertz CT molecular complexity index is 1410. The number of anilines is 1.